The third kappa shape index (κ3) is 6.29. The normalized spacial score (nSPS) is 16.7. The van der Waals surface area contributed by atoms with Crippen LogP contribution < -0.4 is 0 Å². The van der Waals surface area contributed by atoms with E-state index in [2.05, 4.69) is 44.1 Å². The summed E-state index contributed by atoms with van der Waals surface area (Å²) < 4.78 is 0. The Hall–Kier alpha value is 0.168. The van der Waals surface area contributed by atoms with Gasteiger partial charge < -0.3 is 0 Å². The molecule has 0 unspecified atom stereocenters. The van der Waals surface area contributed by atoms with E-state index in [-0.39, 0.29) is 0 Å². The number of allylic oxidation sites excluding steroid dienone is 4. The van der Waals surface area contributed by atoms with Crippen molar-refractivity contribution in [1.82, 2.24) is 0 Å². The van der Waals surface area contributed by atoms with Gasteiger partial charge >= 0.3 is 25.1 Å². The van der Waals surface area contributed by atoms with E-state index in [4.69, 9.17) is 0 Å². The molecule has 0 heterocycles. The summed E-state index contributed by atoms with van der Waals surface area (Å²) in [5.41, 5.74) is 0. The summed E-state index contributed by atoms with van der Waals surface area (Å²) in [4.78, 5) is 0. The van der Waals surface area contributed by atoms with Crippen molar-refractivity contribution in [3.05, 3.63) is 24.3 Å². The molecule has 0 nitrogen and oxygen atoms in total. The molecule has 1 heteroatoms. The van der Waals surface area contributed by atoms with Crippen molar-refractivity contribution in [2.24, 2.45) is 0 Å². The zero-order chi connectivity index (χ0) is 7.66. The van der Waals surface area contributed by atoms with Crippen LogP contribution in [0.2, 0.25) is 5.31 Å². The SMILES string of the molecule is C1=CCCCCC=C1.[CH3][Pt]. The van der Waals surface area contributed by atoms with Gasteiger partial charge in [-0.1, -0.05) is 24.3 Å². The van der Waals surface area contributed by atoms with Gasteiger partial charge in [-0.3, -0.25) is 0 Å². The summed E-state index contributed by atoms with van der Waals surface area (Å²) in [5.74, 6) is 0. The molecule has 0 aromatic heterocycles. The van der Waals surface area contributed by atoms with Crippen molar-refractivity contribution in [2.45, 2.75) is 31.0 Å². The van der Waals surface area contributed by atoms with Crippen LogP contribution >= 0.6 is 0 Å². The second kappa shape index (κ2) is 9.17. The first-order chi connectivity index (χ1) is 5.00. The van der Waals surface area contributed by atoms with Crippen LogP contribution in [0, 0.1) is 0 Å². The summed E-state index contributed by atoms with van der Waals surface area (Å²) in [7, 11) is 0. The monoisotopic (exact) mass is 318 g/mol. The van der Waals surface area contributed by atoms with Gasteiger partial charge in [0.05, 0.1) is 0 Å². The third-order valence-corrected chi connectivity index (χ3v) is 1.37. The molecule has 1 rings (SSSR count). The third-order valence-electron chi connectivity index (χ3n) is 1.37. The summed E-state index contributed by atoms with van der Waals surface area (Å²) in [6.07, 6.45) is 14.0. The molecule has 0 amide bonds. The predicted octanol–water partition coefficient (Wildman–Crippen LogP) is 3.25. The molecule has 61 valence electrons. The molecule has 0 saturated carbocycles. The summed E-state index contributed by atoms with van der Waals surface area (Å²) in [6.45, 7) is 0. The van der Waals surface area contributed by atoms with Crippen molar-refractivity contribution in [3.63, 3.8) is 0 Å². The standard InChI is InChI=1S/C8H12.CH3.Pt/c1-2-4-6-8-7-5-3-1;;/h1-4H,5-8H2;1H3;. The Balaban J connectivity index is 0.000000371. The maximum absolute atomic E-state index is 2.23. The van der Waals surface area contributed by atoms with Crippen molar-refractivity contribution in [2.75, 3.05) is 0 Å². The fourth-order valence-electron chi connectivity index (χ4n) is 0.874. The van der Waals surface area contributed by atoms with Crippen molar-refractivity contribution in [1.29, 1.82) is 0 Å². The van der Waals surface area contributed by atoms with Crippen LogP contribution in [0.15, 0.2) is 24.3 Å². The van der Waals surface area contributed by atoms with Gasteiger partial charge in [0, 0.05) is 0 Å². The van der Waals surface area contributed by atoms with E-state index in [0.29, 0.717) is 0 Å². The van der Waals surface area contributed by atoms with Crippen LogP contribution in [0.5, 0.6) is 0 Å². The fraction of sp³-hybridized carbons (Fsp3) is 0.556. The van der Waals surface area contributed by atoms with Crippen LogP contribution in [-0.4, -0.2) is 0 Å². The zero-order valence-corrected chi connectivity index (χ0v) is 8.73. The Morgan fingerprint density at radius 3 is 1.70 bits per heavy atom. The van der Waals surface area contributed by atoms with Gasteiger partial charge in [-0.2, -0.15) is 0 Å². The van der Waals surface area contributed by atoms with Crippen LogP contribution in [-0.2, 0) is 19.8 Å². The molecule has 1 aliphatic rings. The molecule has 0 saturated heterocycles. The number of rotatable bonds is 0. The Kier molecular flexibility index (Phi) is 9.32. The van der Waals surface area contributed by atoms with Crippen molar-refractivity contribution in [3.8, 4) is 0 Å². The van der Waals surface area contributed by atoms with Gasteiger partial charge in [-0.15, -0.1) is 0 Å². The minimum absolute atomic E-state index is 1.27. The van der Waals surface area contributed by atoms with Crippen molar-refractivity contribution < 1.29 is 19.8 Å². The Bertz CT molecular complexity index is 89.3. The quantitative estimate of drug-likeness (QED) is 0.643. The van der Waals surface area contributed by atoms with E-state index in [1.165, 1.54) is 25.7 Å². The van der Waals surface area contributed by atoms with E-state index in [9.17, 15) is 0 Å². The number of hydrogen-bond donors (Lipinski definition) is 0. The molecular weight excluding hydrogens is 303 g/mol. The molecule has 0 aromatic carbocycles. The minimum atomic E-state index is 1.27. The molecule has 0 spiro atoms. The molecule has 0 aromatic rings. The van der Waals surface area contributed by atoms with Gasteiger partial charge in [0.25, 0.3) is 0 Å². The molecule has 0 atom stereocenters. The Morgan fingerprint density at radius 2 is 1.30 bits per heavy atom. The summed E-state index contributed by atoms with van der Waals surface area (Å²) in [6, 6.07) is 0. The molecule has 0 radical (unpaired) electrons. The average molecular weight is 318 g/mol. The van der Waals surface area contributed by atoms with E-state index in [1.54, 1.807) is 0 Å². The second-order valence-corrected chi connectivity index (χ2v) is 2.14. The van der Waals surface area contributed by atoms with Crippen LogP contribution in [0.4, 0.5) is 0 Å². The van der Waals surface area contributed by atoms with E-state index in [0.717, 1.165) is 0 Å². The summed E-state index contributed by atoms with van der Waals surface area (Å²) in [5, 5.41) is 1.97. The second-order valence-electron chi connectivity index (χ2n) is 2.14. The van der Waals surface area contributed by atoms with Crippen LogP contribution in [0.3, 0.4) is 0 Å². The maximum atomic E-state index is 2.23. The van der Waals surface area contributed by atoms with Gasteiger partial charge in [0.15, 0.2) is 0 Å². The average Bonchev–Trinajstić information content (AvgIpc) is 1.90. The fourth-order valence-corrected chi connectivity index (χ4v) is 0.874. The van der Waals surface area contributed by atoms with Gasteiger partial charge in [0.1, 0.15) is 0 Å². The Labute approximate surface area is 75.3 Å². The van der Waals surface area contributed by atoms with Crippen LogP contribution in [0.1, 0.15) is 25.7 Å². The van der Waals surface area contributed by atoms with E-state index >= 15 is 0 Å². The number of hydrogen-bond acceptors (Lipinski definition) is 0. The van der Waals surface area contributed by atoms with Gasteiger partial charge in [-0.25, -0.2) is 0 Å². The molecule has 0 aliphatic heterocycles. The van der Waals surface area contributed by atoms with E-state index in [1.807, 2.05) is 5.31 Å². The molecular formula is C9H15Pt. The first-order valence-electron chi connectivity index (χ1n) is 3.63. The summed E-state index contributed by atoms with van der Waals surface area (Å²) >= 11 is 2.14. The molecule has 10 heavy (non-hydrogen) atoms. The Morgan fingerprint density at radius 1 is 0.900 bits per heavy atom. The van der Waals surface area contributed by atoms with Crippen LogP contribution in [0.25, 0.3) is 0 Å². The predicted molar refractivity (Wildman–Crippen MR) is 42.6 cm³/mol. The van der Waals surface area contributed by atoms with E-state index < -0.39 is 0 Å². The zero-order valence-electron chi connectivity index (χ0n) is 6.45. The van der Waals surface area contributed by atoms with Gasteiger partial charge in [0.2, 0.25) is 0 Å². The molecule has 0 fully saturated rings. The molecule has 0 bridgehead atoms. The first kappa shape index (κ1) is 10.2. The molecule has 0 N–H and O–H groups in total. The van der Waals surface area contributed by atoms with Gasteiger partial charge in [-0.05, 0) is 25.7 Å². The van der Waals surface area contributed by atoms with Crippen molar-refractivity contribution >= 4 is 0 Å². The first-order valence-corrected chi connectivity index (χ1v) is 5.90. The molecule has 1 aliphatic carbocycles. The topological polar surface area (TPSA) is 0 Å².